The lowest BCUT2D eigenvalue weighted by atomic mass is 10.0. The topological polar surface area (TPSA) is 34.1 Å². The Morgan fingerprint density at radius 1 is 1.46 bits per heavy atom. The molecule has 1 atom stereocenters. The van der Waals surface area contributed by atoms with Gasteiger partial charge in [-0.15, -0.1) is 0 Å². The number of sulfone groups is 1. The van der Waals surface area contributed by atoms with Gasteiger partial charge in [-0.2, -0.15) is 0 Å². The van der Waals surface area contributed by atoms with E-state index in [0.29, 0.717) is 4.90 Å². The highest BCUT2D eigenvalue weighted by Gasteiger charge is 2.31. The van der Waals surface area contributed by atoms with E-state index in [-0.39, 0.29) is 11.7 Å². The minimum Gasteiger partial charge on any atom is -0.224 e. The van der Waals surface area contributed by atoms with E-state index < -0.39 is 9.84 Å². The SMILES string of the molecule is CC1CS(=O)(=O)c2ccc(Br)cc21. The van der Waals surface area contributed by atoms with Crippen molar-refractivity contribution >= 4 is 25.8 Å². The van der Waals surface area contributed by atoms with Gasteiger partial charge in [-0.3, -0.25) is 0 Å². The predicted molar refractivity (Wildman–Crippen MR) is 54.6 cm³/mol. The minimum absolute atomic E-state index is 0.123. The molecule has 0 radical (unpaired) electrons. The Morgan fingerprint density at radius 3 is 2.85 bits per heavy atom. The number of halogens is 1. The summed E-state index contributed by atoms with van der Waals surface area (Å²) in [6.07, 6.45) is 0. The molecule has 2 rings (SSSR count). The molecule has 1 aromatic rings. The van der Waals surface area contributed by atoms with E-state index in [9.17, 15) is 8.42 Å². The third-order valence-electron chi connectivity index (χ3n) is 2.31. The van der Waals surface area contributed by atoms with E-state index in [0.717, 1.165) is 10.0 Å². The Morgan fingerprint density at radius 2 is 2.15 bits per heavy atom. The quantitative estimate of drug-likeness (QED) is 0.718. The molecule has 1 heterocycles. The lowest BCUT2D eigenvalue weighted by molar-refractivity contribution is 0.598. The Bertz CT molecular complexity index is 451. The number of benzene rings is 1. The minimum atomic E-state index is -2.99. The summed E-state index contributed by atoms with van der Waals surface area (Å²) in [5, 5.41) is 0. The molecule has 70 valence electrons. The zero-order valence-electron chi connectivity index (χ0n) is 7.12. The van der Waals surface area contributed by atoms with Gasteiger partial charge in [-0.05, 0) is 29.7 Å². The third kappa shape index (κ3) is 1.42. The van der Waals surface area contributed by atoms with Gasteiger partial charge >= 0.3 is 0 Å². The van der Waals surface area contributed by atoms with Crippen molar-refractivity contribution in [2.75, 3.05) is 5.75 Å². The van der Waals surface area contributed by atoms with Crippen molar-refractivity contribution in [1.29, 1.82) is 0 Å². The second-order valence-electron chi connectivity index (χ2n) is 3.36. The molecular formula is C9H9BrO2S. The normalized spacial score (nSPS) is 24.3. The van der Waals surface area contributed by atoms with Crippen molar-refractivity contribution in [3.8, 4) is 0 Å². The fraction of sp³-hybridized carbons (Fsp3) is 0.333. The predicted octanol–water partition coefficient (Wildman–Crippen LogP) is 2.34. The number of fused-ring (bicyclic) bond motifs is 1. The molecule has 1 aliphatic heterocycles. The summed E-state index contributed by atoms with van der Waals surface area (Å²) in [5.74, 6) is 0.371. The van der Waals surface area contributed by atoms with Gasteiger partial charge in [0.05, 0.1) is 10.6 Å². The molecule has 2 nitrogen and oxygen atoms in total. The molecule has 4 heteroatoms. The summed E-state index contributed by atoms with van der Waals surface area (Å²) in [7, 11) is -2.99. The van der Waals surface area contributed by atoms with Crippen LogP contribution in [0.4, 0.5) is 0 Å². The van der Waals surface area contributed by atoms with Crippen LogP contribution in [0, 0.1) is 0 Å². The zero-order valence-corrected chi connectivity index (χ0v) is 9.52. The van der Waals surface area contributed by atoms with Crippen molar-refractivity contribution < 1.29 is 8.42 Å². The van der Waals surface area contributed by atoms with Crippen LogP contribution < -0.4 is 0 Å². The van der Waals surface area contributed by atoms with Crippen molar-refractivity contribution in [1.82, 2.24) is 0 Å². The molecule has 13 heavy (non-hydrogen) atoms. The highest BCUT2D eigenvalue weighted by molar-refractivity contribution is 9.10. The molecule has 0 N–H and O–H groups in total. The summed E-state index contributed by atoms with van der Waals surface area (Å²) in [4.78, 5) is 0.503. The molecule has 0 amide bonds. The molecule has 1 aromatic carbocycles. The van der Waals surface area contributed by atoms with Crippen LogP contribution in [0.2, 0.25) is 0 Å². The van der Waals surface area contributed by atoms with E-state index in [1.54, 1.807) is 12.1 Å². The molecule has 1 unspecified atom stereocenters. The van der Waals surface area contributed by atoms with E-state index in [4.69, 9.17) is 0 Å². The van der Waals surface area contributed by atoms with E-state index >= 15 is 0 Å². The van der Waals surface area contributed by atoms with E-state index in [1.165, 1.54) is 0 Å². The summed E-state index contributed by atoms with van der Waals surface area (Å²) in [6.45, 7) is 1.94. The van der Waals surface area contributed by atoms with Crippen molar-refractivity contribution in [3.05, 3.63) is 28.2 Å². The number of hydrogen-bond acceptors (Lipinski definition) is 2. The monoisotopic (exact) mass is 260 g/mol. The first-order valence-electron chi connectivity index (χ1n) is 4.03. The van der Waals surface area contributed by atoms with Crippen LogP contribution in [0.25, 0.3) is 0 Å². The van der Waals surface area contributed by atoms with Crippen molar-refractivity contribution in [2.45, 2.75) is 17.7 Å². The van der Waals surface area contributed by atoms with Gasteiger partial charge in [0.15, 0.2) is 9.84 Å². The van der Waals surface area contributed by atoms with Crippen LogP contribution in [0.3, 0.4) is 0 Å². The second kappa shape index (κ2) is 2.82. The maximum Gasteiger partial charge on any atom is 0.179 e. The van der Waals surface area contributed by atoms with E-state index in [1.807, 2.05) is 13.0 Å². The van der Waals surface area contributed by atoms with Gasteiger partial charge in [0.1, 0.15) is 0 Å². The lowest BCUT2D eigenvalue weighted by Crippen LogP contribution is -2.00. The highest BCUT2D eigenvalue weighted by atomic mass is 79.9. The summed E-state index contributed by atoms with van der Waals surface area (Å²) < 4.78 is 24.1. The third-order valence-corrected chi connectivity index (χ3v) is 4.78. The van der Waals surface area contributed by atoms with Gasteiger partial charge in [0.25, 0.3) is 0 Å². The smallest absolute Gasteiger partial charge is 0.179 e. The second-order valence-corrected chi connectivity index (χ2v) is 6.28. The number of rotatable bonds is 0. The van der Waals surface area contributed by atoms with Gasteiger partial charge in [0.2, 0.25) is 0 Å². The highest BCUT2D eigenvalue weighted by Crippen LogP contribution is 2.35. The van der Waals surface area contributed by atoms with Gasteiger partial charge in [-0.25, -0.2) is 8.42 Å². The van der Waals surface area contributed by atoms with Crippen LogP contribution in [-0.4, -0.2) is 14.2 Å². The van der Waals surface area contributed by atoms with E-state index in [2.05, 4.69) is 15.9 Å². The fourth-order valence-electron chi connectivity index (χ4n) is 1.70. The van der Waals surface area contributed by atoms with Crippen LogP contribution in [0.5, 0.6) is 0 Å². The molecular weight excluding hydrogens is 252 g/mol. The average Bonchev–Trinajstić information content (AvgIpc) is 2.22. The fourth-order valence-corrected chi connectivity index (χ4v) is 3.99. The van der Waals surface area contributed by atoms with Crippen LogP contribution >= 0.6 is 15.9 Å². The Hall–Kier alpha value is -0.350. The molecule has 0 saturated carbocycles. The summed E-state index contributed by atoms with van der Waals surface area (Å²) >= 11 is 3.34. The molecule has 0 spiro atoms. The number of hydrogen-bond donors (Lipinski definition) is 0. The maximum absolute atomic E-state index is 11.6. The van der Waals surface area contributed by atoms with Gasteiger partial charge < -0.3 is 0 Å². The molecule has 0 bridgehead atoms. The molecule has 0 saturated heterocycles. The Kier molecular flexibility index (Phi) is 2.00. The lowest BCUT2D eigenvalue weighted by Gasteiger charge is -2.01. The average molecular weight is 261 g/mol. The van der Waals surface area contributed by atoms with Gasteiger partial charge in [-0.1, -0.05) is 22.9 Å². The Balaban J connectivity index is 2.73. The molecule has 0 aromatic heterocycles. The summed E-state index contributed by atoms with van der Waals surface area (Å²) in [5.41, 5.74) is 0.939. The first-order chi connectivity index (χ1) is 6.00. The van der Waals surface area contributed by atoms with Crippen LogP contribution in [-0.2, 0) is 9.84 Å². The van der Waals surface area contributed by atoms with Crippen LogP contribution in [0.1, 0.15) is 18.4 Å². The summed E-state index contributed by atoms with van der Waals surface area (Å²) in [6, 6.07) is 5.34. The largest absolute Gasteiger partial charge is 0.224 e. The molecule has 0 aliphatic carbocycles. The standard InChI is InChI=1S/C9H9BrO2S/c1-6-5-13(11,12)9-3-2-7(10)4-8(6)9/h2-4,6H,5H2,1H3. The zero-order chi connectivity index (χ0) is 9.64. The molecule has 0 fully saturated rings. The Labute approximate surface area is 86.0 Å². The maximum atomic E-state index is 11.6. The first-order valence-corrected chi connectivity index (χ1v) is 6.47. The van der Waals surface area contributed by atoms with Crippen molar-refractivity contribution in [3.63, 3.8) is 0 Å². The van der Waals surface area contributed by atoms with Gasteiger partial charge in [0, 0.05) is 4.47 Å². The van der Waals surface area contributed by atoms with Crippen LogP contribution in [0.15, 0.2) is 27.6 Å². The first kappa shape index (κ1) is 9.21. The molecule has 1 aliphatic rings. The van der Waals surface area contributed by atoms with Crippen molar-refractivity contribution in [2.24, 2.45) is 0 Å².